The minimum absolute atomic E-state index is 0.283. The Morgan fingerprint density at radius 1 is 1.44 bits per heavy atom. The summed E-state index contributed by atoms with van der Waals surface area (Å²) in [6.45, 7) is 6.42. The lowest BCUT2D eigenvalue weighted by molar-refractivity contribution is 0.0601. The highest BCUT2D eigenvalue weighted by Gasteiger charge is 2.42. The fourth-order valence-corrected chi connectivity index (χ4v) is 2.10. The minimum atomic E-state index is -0.283. The van der Waals surface area contributed by atoms with Crippen LogP contribution in [0.25, 0.3) is 0 Å². The molecule has 0 spiro atoms. The highest BCUT2D eigenvalue weighted by atomic mass is 16.5. The van der Waals surface area contributed by atoms with Gasteiger partial charge in [0.05, 0.1) is 12.7 Å². The third kappa shape index (κ3) is 2.50. The van der Waals surface area contributed by atoms with Crippen molar-refractivity contribution < 1.29 is 9.53 Å². The molecule has 0 bridgehead atoms. The van der Waals surface area contributed by atoms with Crippen molar-refractivity contribution >= 4 is 11.7 Å². The quantitative estimate of drug-likeness (QED) is 0.829. The van der Waals surface area contributed by atoms with Crippen LogP contribution >= 0.6 is 0 Å². The van der Waals surface area contributed by atoms with Gasteiger partial charge in [0.2, 0.25) is 0 Å². The number of hydrogen-bond acceptors (Lipinski definition) is 3. The molecule has 1 fully saturated rings. The number of nitrogens with one attached hydrogen (secondary N) is 1. The average Bonchev–Trinajstić information content (AvgIpc) is 3.10. The predicted octanol–water partition coefficient (Wildman–Crippen LogP) is 3.38. The van der Waals surface area contributed by atoms with Crippen molar-refractivity contribution in [3.8, 4) is 0 Å². The molecule has 0 aliphatic heterocycles. The van der Waals surface area contributed by atoms with Crippen molar-refractivity contribution in [3.63, 3.8) is 0 Å². The maximum Gasteiger partial charge on any atom is 0.339 e. The molecule has 1 N–H and O–H groups in total. The first-order valence-corrected chi connectivity index (χ1v) is 6.42. The van der Waals surface area contributed by atoms with Crippen LogP contribution in [0.2, 0.25) is 0 Å². The number of hydrogen-bond donors (Lipinski definition) is 1. The summed E-state index contributed by atoms with van der Waals surface area (Å²) in [6, 6.07) is 6.21. The summed E-state index contributed by atoms with van der Waals surface area (Å²) in [5.41, 5.74) is 2.92. The van der Waals surface area contributed by atoms with Gasteiger partial charge in [-0.2, -0.15) is 0 Å². The third-order valence-electron chi connectivity index (χ3n) is 4.04. The summed E-state index contributed by atoms with van der Waals surface area (Å²) in [4.78, 5) is 11.8. The molecule has 1 aliphatic carbocycles. The standard InChI is InChI=1S/C15H21NO2/c1-10-5-6-13(12(9-10)14(17)18-4)16-11(2)15(3)7-8-15/h5-6,9,11,16H,7-8H2,1-4H3. The first-order valence-electron chi connectivity index (χ1n) is 6.42. The number of rotatable bonds is 4. The van der Waals surface area contributed by atoms with E-state index in [1.54, 1.807) is 0 Å². The summed E-state index contributed by atoms with van der Waals surface area (Å²) in [5, 5.41) is 3.45. The van der Waals surface area contributed by atoms with E-state index in [-0.39, 0.29) is 5.97 Å². The van der Waals surface area contributed by atoms with E-state index in [0.717, 1.165) is 11.3 Å². The number of anilines is 1. The molecule has 3 nitrogen and oxygen atoms in total. The van der Waals surface area contributed by atoms with Crippen LogP contribution in [-0.2, 0) is 4.74 Å². The van der Waals surface area contributed by atoms with Crippen molar-refractivity contribution in [2.75, 3.05) is 12.4 Å². The van der Waals surface area contributed by atoms with Crippen LogP contribution in [0.15, 0.2) is 18.2 Å². The molecule has 18 heavy (non-hydrogen) atoms. The van der Waals surface area contributed by atoms with Crippen LogP contribution in [0.1, 0.15) is 42.6 Å². The molecule has 1 aliphatic rings. The van der Waals surface area contributed by atoms with E-state index in [9.17, 15) is 4.79 Å². The second-order valence-corrected chi connectivity index (χ2v) is 5.56. The van der Waals surface area contributed by atoms with Crippen LogP contribution in [0, 0.1) is 12.3 Å². The van der Waals surface area contributed by atoms with Crippen LogP contribution in [0.4, 0.5) is 5.69 Å². The Hall–Kier alpha value is -1.51. The van der Waals surface area contributed by atoms with Crippen LogP contribution in [0.5, 0.6) is 0 Å². The van der Waals surface area contributed by atoms with Crippen molar-refractivity contribution in [1.82, 2.24) is 0 Å². The molecule has 1 aromatic rings. The van der Waals surface area contributed by atoms with Crippen molar-refractivity contribution in [1.29, 1.82) is 0 Å². The molecule has 1 unspecified atom stereocenters. The number of benzene rings is 1. The molecule has 1 aromatic carbocycles. The molecule has 0 amide bonds. The number of carbonyl (C=O) groups excluding carboxylic acids is 1. The summed E-state index contributed by atoms with van der Waals surface area (Å²) in [6.07, 6.45) is 2.50. The summed E-state index contributed by atoms with van der Waals surface area (Å²) < 4.78 is 4.84. The van der Waals surface area contributed by atoms with Crippen molar-refractivity contribution in [2.24, 2.45) is 5.41 Å². The van der Waals surface area contributed by atoms with Gasteiger partial charge < -0.3 is 10.1 Å². The van der Waals surface area contributed by atoms with Gasteiger partial charge in [0.1, 0.15) is 0 Å². The van der Waals surface area contributed by atoms with Gasteiger partial charge in [-0.25, -0.2) is 4.79 Å². The second kappa shape index (κ2) is 4.63. The molecule has 0 aromatic heterocycles. The zero-order valence-corrected chi connectivity index (χ0v) is 11.5. The van der Waals surface area contributed by atoms with Crippen LogP contribution < -0.4 is 5.32 Å². The van der Waals surface area contributed by atoms with E-state index in [1.807, 2.05) is 25.1 Å². The van der Waals surface area contributed by atoms with E-state index < -0.39 is 0 Å². The van der Waals surface area contributed by atoms with Gasteiger partial charge in [-0.3, -0.25) is 0 Å². The van der Waals surface area contributed by atoms with Gasteiger partial charge in [0.25, 0.3) is 0 Å². The maximum atomic E-state index is 11.8. The zero-order chi connectivity index (χ0) is 13.3. The predicted molar refractivity (Wildman–Crippen MR) is 72.9 cm³/mol. The number of aryl methyl sites for hydroxylation is 1. The van der Waals surface area contributed by atoms with Crippen molar-refractivity contribution in [3.05, 3.63) is 29.3 Å². The Morgan fingerprint density at radius 2 is 2.11 bits per heavy atom. The first-order chi connectivity index (χ1) is 8.46. The number of methoxy groups -OCH3 is 1. The van der Waals surface area contributed by atoms with Crippen LogP contribution in [-0.4, -0.2) is 19.1 Å². The van der Waals surface area contributed by atoms with Crippen molar-refractivity contribution in [2.45, 2.75) is 39.7 Å². The van der Waals surface area contributed by atoms with E-state index in [2.05, 4.69) is 19.2 Å². The summed E-state index contributed by atoms with van der Waals surface area (Å²) in [7, 11) is 1.42. The highest BCUT2D eigenvalue weighted by molar-refractivity contribution is 5.95. The first kappa shape index (κ1) is 12.9. The normalized spacial score (nSPS) is 18.0. The van der Waals surface area contributed by atoms with E-state index in [0.29, 0.717) is 17.0 Å². The second-order valence-electron chi connectivity index (χ2n) is 5.56. The van der Waals surface area contributed by atoms with Gasteiger partial charge in [-0.15, -0.1) is 0 Å². The molecular formula is C15H21NO2. The smallest absolute Gasteiger partial charge is 0.339 e. The molecular weight excluding hydrogens is 226 g/mol. The van der Waals surface area contributed by atoms with Gasteiger partial charge in [0, 0.05) is 11.7 Å². The third-order valence-corrected chi connectivity index (χ3v) is 4.04. The zero-order valence-electron chi connectivity index (χ0n) is 11.5. The Labute approximate surface area is 109 Å². The average molecular weight is 247 g/mol. The lowest BCUT2D eigenvalue weighted by atomic mass is 9.99. The number of ether oxygens (including phenoxy) is 1. The minimum Gasteiger partial charge on any atom is -0.465 e. The monoisotopic (exact) mass is 247 g/mol. The molecule has 1 atom stereocenters. The van der Waals surface area contributed by atoms with E-state index in [1.165, 1.54) is 20.0 Å². The van der Waals surface area contributed by atoms with Gasteiger partial charge in [-0.05, 0) is 44.2 Å². The van der Waals surface area contributed by atoms with Gasteiger partial charge in [0.15, 0.2) is 0 Å². The Bertz CT molecular complexity index is 464. The Kier molecular flexibility index (Phi) is 3.33. The molecule has 2 rings (SSSR count). The maximum absolute atomic E-state index is 11.8. The Balaban J connectivity index is 2.23. The lowest BCUT2D eigenvalue weighted by Gasteiger charge is -2.23. The molecule has 0 radical (unpaired) electrons. The Morgan fingerprint density at radius 3 is 2.67 bits per heavy atom. The molecule has 1 saturated carbocycles. The molecule has 0 saturated heterocycles. The number of carbonyl (C=O) groups is 1. The lowest BCUT2D eigenvalue weighted by Crippen LogP contribution is -2.26. The van der Waals surface area contributed by atoms with Gasteiger partial charge >= 0.3 is 5.97 Å². The van der Waals surface area contributed by atoms with E-state index in [4.69, 9.17) is 4.74 Å². The van der Waals surface area contributed by atoms with Gasteiger partial charge in [-0.1, -0.05) is 18.6 Å². The fraction of sp³-hybridized carbons (Fsp3) is 0.533. The largest absolute Gasteiger partial charge is 0.465 e. The summed E-state index contributed by atoms with van der Waals surface area (Å²) in [5.74, 6) is -0.283. The van der Waals surface area contributed by atoms with E-state index >= 15 is 0 Å². The molecule has 3 heteroatoms. The SMILES string of the molecule is COC(=O)c1cc(C)ccc1NC(C)C1(C)CC1. The number of esters is 1. The molecule has 98 valence electrons. The van der Waals surface area contributed by atoms with Crippen LogP contribution in [0.3, 0.4) is 0 Å². The fourth-order valence-electron chi connectivity index (χ4n) is 2.10. The molecule has 0 heterocycles. The summed E-state index contributed by atoms with van der Waals surface area (Å²) >= 11 is 0. The topological polar surface area (TPSA) is 38.3 Å². The highest BCUT2D eigenvalue weighted by Crippen LogP contribution is 2.49.